The molecule has 0 atom stereocenters. The topological polar surface area (TPSA) is 83.1 Å². The number of hydrogen-bond acceptors (Lipinski definition) is 5. The quantitative estimate of drug-likeness (QED) is 0.196. The van der Waals surface area contributed by atoms with E-state index in [0.717, 1.165) is 34.4 Å². The van der Waals surface area contributed by atoms with Crippen molar-refractivity contribution < 1.29 is 24.0 Å². The van der Waals surface area contributed by atoms with E-state index in [1.165, 1.54) is 4.90 Å². The summed E-state index contributed by atoms with van der Waals surface area (Å²) in [6, 6.07) is 7.74. The molecular formula is C21H21I6N2O4+. The van der Waals surface area contributed by atoms with Crippen LogP contribution in [0.2, 0.25) is 0 Å². The van der Waals surface area contributed by atoms with Crippen molar-refractivity contribution in [2.24, 2.45) is 5.73 Å². The summed E-state index contributed by atoms with van der Waals surface area (Å²) < 4.78 is 17.0. The molecule has 0 aliphatic heterocycles. The van der Waals surface area contributed by atoms with Gasteiger partial charge in [0.05, 0.1) is 17.7 Å². The number of ether oxygens (including phenoxy) is 2. The molecule has 2 rings (SSSR count). The minimum Gasteiger partial charge on any atom is -0.456 e. The number of esters is 2. The van der Waals surface area contributed by atoms with Crippen molar-refractivity contribution in [3.8, 4) is 0 Å². The normalized spacial score (nSPS) is 11.0. The van der Waals surface area contributed by atoms with Gasteiger partial charge in [0.15, 0.2) is 0 Å². The second-order valence-corrected chi connectivity index (χ2v) is 13.9. The van der Waals surface area contributed by atoms with E-state index in [-0.39, 0.29) is 25.2 Å². The maximum atomic E-state index is 12.6. The summed E-state index contributed by atoms with van der Waals surface area (Å²) in [7, 11) is 0. The van der Waals surface area contributed by atoms with Crippen molar-refractivity contribution in [1.29, 1.82) is 0 Å². The smallest absolute Gasteiger partial charge is 0.339 e. The Labute approximate surface area is 275 Å². The SMILES string of the molecule is NCCC[NH+](CCOC(=O)c1cc(I)cc(I)c1I)CCOC(=O)c1cc(I)cc(I)c1I. The predicted molar refractivity (Wildman–Crippen MR) is 179 cm³/mol. The third-order valence-corrected chi connectivity index (χ3v) is 11.9. The molecule has 0 saturated heterocycles. The second kappa shape index (κ2) is 15.8. The maximum absolute atomic E-state index is 12.6. The molecular weight excluding hydrogens is 1110 g/mol. The zero-order valence-electron chi connectivity index (χ0n) is 17.2. The number of hydrogen-bond donors (Lipinski definition) is 2. The van der Waals surface area contributed by atoms with Gasteiger partial charge in [-0.15, -0.1) is 0 Å². The molecule has 2 aromatic rings. The third kappa shape index (κ3) is 10.2. The lowest BCUT2D eigenvalue weighted by atomic mass is 10.2. The molecule has 0 aromatic heterocycles. The second-order valence-electron chi connectivity index (χ2n) is 6.91. The number of nitrogens with two attached hydrogens (primary N) is 1. The van der Waals surface area contributed by atoms with E-state index in [9.17, 15) is 9.59 Å². The number of carbonyl (C=O) groups excluding carboxylic acids is 2. The molecule has 0 spiro atoms. The summed E-state index contributed by atoms with van der Waals surface area (Å²) in [6.07, 6.45) is 0.844. The van der Waals surface area contributed by atoms with E-state index in [2.05, 4.69) is 136 Å². The number of rotatable bonds is 11. The zero-order valence-corrected chi connectivity index (χ0v) is 30.2. The van der Waals surface area contributed by atoms with Crippen molar-refractivity contribution in [3.05, 3.63) is 56.8 Å². The van der Waals surface area contributed by atoms with Crippen LogP contribution in [-0.2, 0) is 9.47 Å². The van der Waals surface area contributed by atoms with Crippen molar-refractivity contribution >= 4 is 147 Å². The molecule has 6 nitrogen and oxygen atoms in total. The Bertz CT molecular complexity index is 930. The van der Waals surface area contributed by atoms with Crippen LogP contribution in [0.3, 0.4) is 0 Å². The molecule has 33 heavy (non-hydrogen) atoms. The van der Waals surface area contributed by atoms with Gasteiger partial charge in [0.1, 0.15) is 26.3 Å². The van der Waals surface area contributed by atoms with Gasteiger partial charge in [-0.25, -0.2) is 9.59 Å². The summed E-state index contributed by atoms with van der Waals surface area (Å²) in [4.78, 5) is 26.3. The Morgan fingerprint density at radius 1 is 0.727 bits per heavy atom. The molecule has 3 N–H and O–H groups in total. The van der Waals surface area contributed by atoms with E-state index in [0.29, 0.717) is 30.8 Å². The van der Waals surface area contributed by atoms with Gasteiger partial charge in [-0.1, -0.05) is 0 Å². The van der Waals surface area contributed by atoms with Crippen LogP contribution in [0, 0.1) is 21.4 Å². The van der Waals surface area contributed by atoms with Crippen LogP contribution < -0.4 is 10.6 Å². The largest absolute Gasteiger partial charge is 0.456 e. The molecule has 0 radical (unpaired) electrons. The Balaban J connectivity index is 1.89. The molecule has 0 fully saturated rings. The Morgan fingerprint density at radius 2 is 1.15 bits per heavy atom. The van der Waals surface area contributed by atoms with Crippen LogP contribution >= 0.6 is 136 Å². The molecule has 0 heterocycles. The van der Waals surface area contributed by atoms with E-state index in [4.69, 9.17) is 15.2 Å². The molecule has 0 saturated carbocycles. The van der Waals surface area contributed by atoms with Crippen LogP contribution in [0.4, 0.5) is 0 Å². The number of benzene rings is 2. The third-order valence-electron chi connectivity index (χ3n) is 4.54. The average Bonchev–Trinajstić information content (AvgIpc) is 2.76. The molecule has 0 amide bonds. The zero-order chi connectivity index (χ0) is 24.5. The predicted octanol–water partition coefficient (Wildman–Crippen LogP) is 4.56. The number of quaternary nitrogens is 1. The van der Waals surface area contributed by atoms with Crippen molar-refractivity contribution in [1.82, 2.24) is 0 Å². The van der Waals surface area contributed by atoms with Gasteiger partial charge in [-0.2, -0.15) is 0 Å². The first-order valence-electron chi connectivity index (χ1n) is 9.81. The van der Waals surface area contributed by atoms with Gasteiger partial charge in [0.25, 0.3) is 0 Å². The fourth-order valence-electron chi connectivity index (χ4n) is 2.87. The van der Waals surface area contributed by atoms with Crippen molar-refractivity contribution in [3.63, 3.8) is 0 Å². The Morgan fingerprint density at radius 3 is 1.55 bits per heavy atom. The molecule has 0 aliphatic carbocycles. The lowest BCUT2D eigenvalue weighted by Gasteiger charge is -2.19. The van der Waals surface area contributed by atoms with Crippen molar-refractivity contribution in [2.75, 3.05) is 39.4 Å². The van der Waals surface area contributed by atoms with E-state index in [1.54, 1.807) is 0 Å². The first-order valence-corrected chi connectivity index (χ1v) is 16.3. The minimum atomic E-state index is -0.316. The van der Waals surface area contributed by atoms with Gasteiger partial charge in [-0.3, -0.25) is 0 Å². The minimum absolute atomic E-state index is 0.289. The highest BCUT2D eigenvalue weighted by Gasteiger charge is 2.18. The van der Waals surface area contributed by atoms with Gasteiger partial charge < -0.3 is 20.1 Å². The molecule has 2 aromatic carbocycles. The van der Waals surface area contributed by atoms with Crippen LogP contribution in [0.5, 0.6) is 0 Å². The first-order chi connectivity index (χ1) is 15.6. The number of nitrogens with one attached hydrogen (secondary N) is 1. The summed E-state index contributed by atoms with van der Waals surface area (Å²) in [6.45, 7) is 3.23. The van der Waals surface area contributed by atoms with Gasteiger partial charge in [-0.05, 0) is 166 Å². The Hall–Kier alpha value is 1.68. The van der Waals surface area contributed by atoms with E-state index < -0.39 is 0 Å². The van der Waals surface area contributed by atoms with Crippen molar-refractivity contribution in [2.45, 2.75) is 6.42 Å². The number of halogens is 6. The average molecular weight is 1130 g/mol. The highest BCUT2D eigenvalue weighted by Crippen LogP contribution is 2.24. The maximum Gasteiger partial charge on any atom is 0.339 e. The van der Waals surface area contributed by atoms with Gasteiger partial charge in [0, 0.05) is 27.8 Å². The molecule has 0 unspecified atom stereocenters. The summed E-state index contributed by atoms with van der Waals surface area (Å²) in [5.74, 6) is -0.633. The number of carbonyl (C=O) groups is 2. The molecule has 180 valence electrons. The van der Waals surface area contributed by atoms with Gasteiger partial charge in [0.2, 0.25) is 0 Å². The van der Waals surface area contributed by atoms with Crippen LogP contribution in [0.15, 0.2) is 24.3 Å². The molecule has 0 aliphatic rings. The Kier molecular flexibility index (Phi) is 14.8. The van der Waals surface area contributed by atoms with Crippen LogP contribution in [-0.4, -0.2) is 51.3 Å². The standard InChI is InChI=1S/C21H20I6N2O4/c22-12-8-14(18(26)16(24)10-12)20(30)32-6-4-29(3-1-2-28)5-7-33-21(31)15-9-13(23)11-17(25)19(15)27/h8-11H,1-7,28H2/p+1. The van der Waals surface area contributed by atoms with E-state index in [1.807, 2.05) is 24.3 Å². The highest BCUT2D eigenvalue weighted by molar-refractivity contribution is 14.1. The summed E-state index contributed by atoms with van der Waals surface area (Å²) in [5.41, 5.74) is 6.86. The van der Waals surface area contributed by atoms with E-state index >= 15 is 0 Å². The summed E-state index contributed by atoms with van der Waals surface area (Å²) >= 11 is 13.2. The molecule has 12 heteroatoms. The fourth-order valence-corrected chi connectivity index (χ4v) is 7.62. The fraction of sp³-hybridized carbons (Fsp3) is 0.333. The summed E-state index contributed by atoms with van der Waals surface area (Å²) in [5, 5.41) is 0. The van der Waals surface area contributed by atoms with Gasteiger partial charge >= 0.3 is 11.9 Å². The molecule has 0 bridgehead atoms. The van der Waals surface area contributed by atoms with Crippen LogP contribution in [0.25, 0.3) is 0 Å². The first kappa shape index (κ1) is 30.9. The monoisotopic (exact) mass is 1130 g/mol. The lowest BCUT2D eigenvalue weighted by Crippen LogP contribution is -3.13. The lowest BCUT2D eigenvalue weighted by molar-refractivity contribution is -0.900. The van der Waals surface area contributed by atoms with Crippen LogP contribution in [0.1, 0.15) is 27.1 Å². The highest BCUT2D eigenvalue weighted by atomic mass is 127.